The molecule has 1 aromatic carbocycles. The summed E-state index contributed by atoms with van der Waals surface area (Å²) in [5, 5.41) is 8.60. The number of rotatable bonds is 5. The van der Waals surface area contributed by atoms with Crippen molar-refractivity contribution >= 4 is 27.7 Å². The molecule has 0 unspecified atom stereocenters. The van der Waals surface area contributed by atoms with E-state index in [9.17, 15) is 9.59 Å². The molecule has 0 spiro atoms. The van der Waals surface area contributed by atoms with Gasteiger partial charge in [-0.1, -0.05) is 18.2 Å². The Bertz CT molecular complexity index is 958. The normalized spacial score (nSPS) is 12.6. The van der Waals surface area contributed by atoms with Gasteiger partial charge in [0.15, 0.2) is 0 Å². The topological polar surface area (TPSA) is 78.2 Å². The average Bonchev–Trinajstić information content (AvgIpc) is 2.92. The van der Waals surface area contributed by atoms with Crippen molar-refractivity contribution in [1.82, 2.24) is 19.7 Å². The molecule has 0 aliphatic carbocycles. The minimum atomic E-state index is -0.528. The Kier molecular flexibility index (Phi) is 4.35. The largest absolute Gasteiger partial charge is 0.383 e. The molecule has 1 N–H and O–H groups in total. The smallest absolute Gasteiger partial charge is 0.291 e. The summed E-state index contributed by atoms with van der Waals surface area (Å²) >= 11 is 0. The fourth-order valence-electron chi connectivity index (χ4n) is 2.93. The highest BCUT2D eigenvalue weighted by Crippen LogP contribution is 2.29. The van der Waals surface area contributed by atoms with Crippen LogP contribution >= 0.6 is 0 Å². The quantitative estimate of drug-likeness (QED) is 0.714. The molecule has 126 valence electrons. The van der Waals surface area contributed by atoms with Crippen LogP contribution < -0.4 is 10.9 Å². The number of aromatic nitrogens is 3. The monoisotopic (exact) mass is 328 g/mol. The predicted octanol–water partition coefficient (Wildman–Crippen LogP) is 1.21. The zero-order valence-electron chi connectivity index (χ0n) is 13.9. The Hall–Kier alpha value is -2.67. The van der Waals surface area contributed by atoms with E-state index in [2.05, 4.69) is 10.4 Å². The third-order valence-corrected chi connectivity index (χ3v) is 4.18. The second kappa shape index (κ2) is 6.45. The maximum Gasteiger partial charge on any atom is 0.291 e. The second-order valence-corrected chi connectivity index (χ2v) is 5.68. The molecular weight excluding hydrogens is 308 g/mol. The summed E-state index contributed by atoms with van der Waals surface area (Å²) in [7, 11) is 3.19. The minimum Gasteiger partial charge on any atom is -0.383 e. The van der Waals surface area contributed by atoms with Crippen molar-refractivity contribution < 1.29 is 9.53 Å². The number of carbonyl (C=O) groups is 1. The number of ether oxygens (including phenoxy) is 1. The molecule has 24 heavy (non-hydrogen) atoms. The van der Waals surface area contributed by atoms with Gasteiger partial charge in [0.1, 0.15) is 11.6 Å². The summed E-state index contributed by atoms with van der Waals surface area (Å²) in [6.07, 6.45) is 1.67. The number of carbonyl (C=O) groups excluding carboxylic acids is 1. The first-order valence-corrected chi connectivity index (χ1v) is 7.78. The third kappa shape index (κ3) is 2.56. The van der Waals surface area contributed by atoms with E-state index in [-0.39, 0.29) is 11.5 Å². The molecule has 7 nitrogen and oxygen atoms in total. The second-order valence-electron chi connectivity index (χ2n) is 5.68. The Morgan fingerprint density at radius 2 is 2.08 bits per heavy atom. The highest BCUT2D eigenvalue weighted by atomic mass is 16.5. The van der Waals surface area contributed by atoms with Gasteiger partial charge < -0.3 is 14.6 Å². The van der Waals surface area contributed by atoms with E-state index in [1.165, 1.54) is 4.68 Å². The van der Waals surface area contributed by atoms with Gasteiger partial charge in [-0.3, -0.25) is 9.59 Å². The predicted molar refractivity (Wildman–Crippen MR) is 92.1 cm³/mol. The number of fused-ring (bicyclic) bond motifs is 3. The Labute approximate surface area is 138 Å². The zero-order valence-corrected chi connectivity index (χ0v) is 13.9. The number of hydrogen-bond donors (Lipinski definition) is 1. The number of hydrogen-bond acceptors (Lipinski definition) is 4. The first kappa shape index (κ1) is 16.2. The number of amides is 1. The maximum absolute atomic E-state index is 12.6. The lowest BCUT2D eigenvalue weighted by Gasteiger charge is -2.16. The molecule has 0 saturated carbocycles. The first-order chi connectivity index (χ1) is 11.6. The van der Waals surface area contributed by atoms with Gasteiger partial charge in [-0.15, -0.1) is 0 Å². The average molecular weight is 328 g/mol. The number of nitrogens with zero attached hydrogens (tertiary/aromatic N) is 3. The van der Waals surface area contributed by atoms with Crippen molar-refractivity contribution in [3.8, 4) is 0 Å². The van der Waals surface area contributed by atoms with Crippen molar-refractivity contribution in [1.29, 1.82) is 0 Å². The van der Waals surface area contributed by atoms with Crippen LogP contribution in [-0.4, -0.2) is 40.5 Å². The Balaban J connectivity index is 2.19. The van der Waals surface area contributed by atoms with Crippen molar-refractivity contribution in [3.63, 3.8) is 0 Å². The number of aryl methyl sites for hydroxylation is 1. The van der Waals surface area contributed by atoms with Crippen LogP contribution in [0.4, 0.5) is 0 Å². The standard InChI is InChI=1S/C17H20N4O3/c1-11(16(22)18-8-9-24-3)21-14-7-5-4-6-12(14)13-10-19-20(2)17(23)15(13)21/h4-7,10-11H,8-9H2,1-3H3,(H,18,22)/t11-/m0/s1. The number of methoxy groups -OCH3 is 1. The fourth-order valence-corrected chi connectivity index (χ4v) is 2.93. The molecule has 3 rings (SSSR count). The summed E-state index contributed by atoms with van der Waals surface area (Å²) in [5.41, 5.74) is 1.11. The van der Waals surface area contributed by atoms with E-state index in [1.807, 2.05) is 24.3 Å². The first-order valence-electron chi connectivity index (χ1n) is 7.78. The van der Waals surface area contributed by atoms with Crippen LogP contribution in [0.3, 0.4) is 0 Å². The molecule has 0 bridgehead atoms. The van der Waals surface area contributed by atoms with E-state index >= 15 is 0 Å². The summed E-state index contributed by atoms with van der Waals surface area (Å²) < 4.78 is 8.03. The Morgan fingerprint density at radius 1 is 1.33 bits per heavy atom. The summed E-state index contributed by atoms with van der Waals surface area (Å²) in [6.45, 7) is 2.65. The molecule has 0 aliphatic heterocycles. The van der Waals surface area contributed by atoms with Crippen LogP contribution in [0.15, 0.2) is 35.3 Å². The lowest BCUT2D eigenvalue weighted by molar-refractivity contribution is -0.123. The van der Waals surface area contributed by atoms with Crippen LogP contribution in [0.1, 0.15) is 13.0 Å². The highest BCUT2D eigenvalue weighted by Gasteiger charge is 2.22. The van der Waals surface area contributed by atoms with Gasteiger partial charge in [0.2, 0.25) is 5.91 Å². The summed E-state index contributed by atoms with van der Waals surface area (Å²) in [5.74, 6) is -0.159. The summed E-state index contributed by atoms with van der Waals surface area (Å²) in [6, 6.07) is 7.12. The summed E-state index contributed by atoms with van der Waals surface area (Å²) in [4.78, 5) is 25.1. The van der Waals surface area contributed by atoms with Crippen LogP contribution in [0.25, 0.3) is 21.8 Å². The lowest BCUT2D eigenvalue weighted by Crippen LogP contribution is -2.34. The van der Waals surface area contributed by atoms with Crippen LogP contribution in [0.5, 0.6) is 0 Å². The van der Waals surface area contributed by atoms with Crippen molar-refractivity contribution in [2.45, 2.75) is 13.0 Å². The van der Waals surface area contributed by atoms with Gasteiger partial charge in [0.05, 0.1) is 18.3 Å². The molecule has 1 atom stereocenters. The molecule has 2 heterocycles. The SMILES string of the molecule is COCCNC(=O)[C@H](C)n1c2ccccc2c2cnn(C)c(=O)c21. The van der Waals surface area contributed by atoms with Gasteiger partial charge in [-0.25, -0.2) is 4.68 Å². The molecule has 0 radical (unpaired) electrons. The Morgan fingerprint density at radius 3 is 2.83 bits per heavy atom. The van der Waals surface area contributed by atoms with Crippen LogP contribution in [0, 0.1) is 0 Å². The van der Waals surface area contributed by atoms with Gasteiger partial charge >= 0.3 is 0 Å². The van der Waals surface area contributed by atoms with E-state index < -0.39 is 6.04 Å². The number of para-hydroxylation sites is 1. The van der Waals surface area contributed by atoms with Crippen molar-refractivity contribution in [2.24, 2.45) is 7.05 Å². The van der Waals surface area contributed by atoms with Crippen molar-refractivity contribution in [3.05, 3.63) is 40.8 Å². The zero-order chi connectivity index (χ0) is 17.3. The van der Waals surface area contributed by atoms with Crippen LogP contribution in [-0.2, 0) is 16.6 Å². The number of nitrogens with one attached hydrogen (secondary N) is 1. The van der Waals surface area contributed by atoms with Gasteiger partial charge in [0.25, 0.3) is 5.56 Å². The van der Waals surface area contributed by atoms with Gasteiger partial charge in [-0.2, -0.15) is 5.10 Å². The van der Waals surface area contributed by atoms with E-state index in [4.69, 9.17) is 4.74 Å². The third-order valence-electron chi connectivity index (χ3n) is 4.18. The molecule has 3 aromatic rings. The number of benzene rings is 1. The minimum absolute atomic E-state index is 0.159. The van der Waals surface area contributed by atoms with E-state index in [1.54, 1.807) is 31.8 Å². The van der Waals surface area contributed by atoms with Gasteiger partial charge in [-0.05, 0) is 13.0 Å². The molecule has 0 aliphatic rings. The lowest BCUT2D eigenvalue weighted by atomic mass is 10.2. The van der Waals surface area contributed by atoms with E-state index in [0.717, 1.165) is 16.3 Å². The molecule has 7 heteroatoms. The van der Waals surface area contributed by atoms with E-state index in [0.29, 0.717) is 18.7 Å². The maximum atomic E-state index is 12.6. The molecular formula is C17H20N4O3. The van der Waals surface area contributed by atoms with Crippen molar-refractivity contribution in [2.75, 3.05) is 20.3 Å². The highest BCUT2D eigenvalue weighted by molar-refractivity contribution is 6.08. The van der Waals surface area contributed by atoms with Crippen LogP contribution in [0.2, 0.25) is 0 Å². The fraction of sp³-hybridized carbons (Fsp3) is 0.353. The molecule has 0 saturated heterocycles. The molecule has 2 aromatic heterocycles. The molecule has 0 fully saturated rings. The molecule has 1 amide bonds. The van der Waals surface area contributed by atoms with Gasteiger partial charge in [0, 0.05) is 31.5 Å².